The average molecular weight is 254 g/mol. The van der Waals surface area contributed by atoms with Gasteiger partial charge in [0.1, 0.15) is 0 Å². The van der Waals surface area contributed by atoms with Gasteiger partial charge in [0.25, 0.3) is 0 Å². The van der Waals surface area contributed by atoms with E-state index in [1.54, 1.807) is 10.9 Å². The van der Waals surface area contributed by atoms with Gasteiger partial charge in [0.15, 0.2) is 0 Å². The van der Waals surface area contributed by atoms with Gasteiger partial charge in [0, 0.05) is 19.7 Å². The monoisotopic (exact) mass is 254 g/mol. The molecule has 1 rings (SSSR count). The highest BCUT2D eigenvalue weighted by molar-refractivity contribution is 5.94. The average Bonchev–Trinajstić information content (AvgIpc) is 2.81. The lowest BCUT2D eigenvalue weighted by molar-refractivity contribution is -0.120. The van der Waals surface area contributed by atoms with Crippen molar-refractivity contribution >= 4 is 11.9 Å². The highest BCUT2D eigenvalue weighted by Gasteiger charge is 2.07. The van der Waals surface area contributed by atoms with Gasteiger partial charge >= 0.3 is 6.03 Å². The first-order chi connectivity index (χ1) is 8.65. The van der Waals surface area contributed by atoms with Crippen LogP contribution < -0.4 is 16.4 Å². The first-order valence-electron chi connectivity index (χ1n) is 5.76. The molecule has 4 N–H and O–H groups in total. The molecule has 1 heterocycles. The molecule has 0 aliphatic carbocycles. The van der Waals surface area contributed by atoms with Crippen LogP contribution in [0.25, 0.3) is 0 Å². The van der Waals surface area contributed by atoms with E-state index in [1.807, 2.05) is 0 Å². The molecule has 3 amide bonds. The Morgan fingerprint density at radius 3 is 2.94 bits per heavy atom. The van der Waals surface area contributed by atoms with E-state index >= 15 is 0 Å². The largest absolute Gasteiger partial charge is 0.341 e. The molecule has 100 valence electrons. The first-order valence-corrected chi connectivity index (χ1v) is 5.76. The predicted molar refractivity (Wildman–Crippen MR) is 64.6 cm³/mol. The second-order valence-corrected chi connectivity index (χ2v) is 3.74. The van der Waals surface area contributed by atoms with Crippen molar-refractivity contribution in [1.29, 1.82) is 0 Å². The zero-order valence-electron chi connectivity index (χ0n) is 10.3. The highest BCUT2D eigenvalue weighted by Crippen LogP contribution is 1.98. The number of amides is 3. The molecule has 0 spiro atoms. The second kappa shape index (κ2) is 7.38. The number of nitrogens with two attached hydrogens (primary N) is 1. The lowest BCUT2D eigenvalue weighted by Gasteiger charge is -2.02. The molecule has 0 unspecified atom stereocenters. The Morgan fingerprint density at radius 1 is 1.50 bits per heavy atom. The van der Waals surface area contributed by atoms with Crippen molar-refractivity contribution < 1.29 is 9.59 Å². The van der Waals surface area contributed by atoms with Crippen LogP contribution in [0.3, 0.4) is 0 Å². The summed E-state index contributed by atoms with van der Waals surface area (Å²) in [7, 11) is 1.45. The number of aryl methyl sites for hydroxylation is 2. The lowest BCUT2D eigenvalue weighted by Crippen LogP contribution is -2.37. The summed E-state index contributed by atoms with van der Waals surface area (Å²) in [6, 6.07) is -0.512. The molecule has 0 saturated heterocycles. The van der Waals surface area contributed by atoms with Crippen molar-refractivity contribution in [2.75, 3.05) is 13.6 Å². The van der Waals surface area contributed by atoms with Gasteiger partial charge in [0.2, 0.25) is 5.91 Å². The van der Waals surface area contributed by atoms with E-state index in [1.165, 1.54) is 7.05 Å². The van der Waals surface area contributed by atoms with Crippen molar-refractivity contribution in [2.24, 2.45) is 5.73 Å². The van der Waals surface area contributed by atoms with Crippen LogP contribution in [-0.4, -0.2) is 40.5 Å². The number of urea groups is 1. The molecule has 0 aliphatic rings. The molecule has 0 atom stereocenters. The number of aromatic nitrogens is 3. The molecule has 0 aliphatic heterocycles. The fraction of sp³-hybridized carbons (Fsp3) is 0.600. The molecular formula is C10H18N6O2. The van der Waals surface area contributed by atoms with Crippen LogP contribution in [0.4, 0.5) is 4.79 Å². The maximum absolute atomic E-state index is 11.3. The third-order valence-electron chi connectivity index (χ3n) is 2.27. The number of nitrogens with zero attached hydrogens (tertiary/aromatic N) is 3. The lowest BCUT2D eigenvalue weighted by atomic mass is 10.2. The fourth-order valence-electron chi connectivity index (χ4n) is 1.31. The van der Waals surface area contributed by atoms with Gasteiger partial charge in [-0.1, -0.05) is 5.21 Å². The van der Waals surface area contributed by atoms with E-state index in [0.717, 1.165) is 18.5 Å². The van der Waals surface area contributed by atoms with Gasteiger partial charge in [-0.05, 0) is 19.4 Å². The molecule has 8 heteroatoms. The molecule has 8 nitrogen and oxygen atoms in total. The minimum atomic E-state index is -0.512. The summed E-state index contributed by atoms with van der Waals surface area (Å²) in [5.74, 6) is -0.353. The molecule has 0 bridgehead atoms. The number of nitrogens with one attached hydrogen (secondary N) is 2. The normalized spacial score (nSPS) is 10.1. The van der Waals surface area contributed by atoms with Crippen LogP contribution in [0.1, 0.15) is 18.5 Å². The first kappa shape index (κ1) is 14.1. The SMILES string of the molecule is CNC(=O)NC(=O)CCn1cc(CCCN)nn1. The summed E-state index contributed by atoms with van der Waals surface area (Å²) in [5.41, 5.74) is 6.25. The van der Waals surface area contributed by atoms with Crippen LogP contribution >= 0.6 is 0 Å². The topological polar surface area (TPSA) is 115 Å². The molecule has 0 saturated carbocycles. The molecule has 0 radical (unpaired) electrons. The Hall–Kier alpha value is -1.96. The molecule has 0 fully saturated rings. The van der Waals surface area contributed by atoms with E-state index < -0.39 is 6.03 Å². The van der Waals surface area contributed by atoms with Crippen molar-refractivity contribution in [3.8, 4) is 0 Å². The standard InChI is InChI=1S/C10H18N6O2/c1-12-10(18)13-9(17)4-6-16-7-8(14-15-16)3-2-5-11/h7H,2-6,11H2,1H3,(H2,12,13,17,18). The van der Waals surface area contributed by atoms with E-state index in [4.69, 9.17) is 5.73 Å². The Balaban J connectivity index is 2.32. The van der Waals surface area contributed by atoms with Gasteiger partial charge in [-0.2, -0.15) is 0 Å². The van der Waals surface area contributed by atoms with Gasteiger partial charge < -0.3 is 11.1 Å². The van der Waals surface area contributed by atoms with Crippen molar-refractivity contribution in [2.45, 2.75) is 25.8 Å². The minimum Gasteiger partial charge on any atom is -0.341 e. The zero-order valence-corrected chi connectivity index (χ0v) is 10.3. The molecule has 0 aromatic carbocycles. The van der Waals surface area contributed by atoms with Gasteiger partial charge in [-0.15, -0.1) is 5.10 Å². The Morgan fingerprint density at radius 2 is 2.28 bits per heavy atom. The van der Waals surface area contributed by atoms with E-state index in [2.05, 4.69) is 20.9 Å². The number of hydrogen-bond donors (Lipinski definition) is 3. The molecule has 1 aromatic heterocycles. The smallest absolute Gasteiger partial charge is 0.321 e. The maximum atomic E-state index is 11.3. The van der Waals surface area contributed by atoms with E-state index in [9.17, 15) is 9.59 Å². The minimum absolute atomic E-state index is 0.174. The van der Waals surface area contributed by atoms with Gasteiger partial charge in [-0.3, -0.25) is 14.8 Å². The summed E-state index contributed by atoms with van der Waals surface area (Å²) < 4.78 is 1.58. The Bertz CT molecular complexity index is 403. The van der Waals surface area contributed by atoms with Crippen LogP contribution in [0, 0.1) is 0 Å². The van der Waals surface area contributed by atoms with Gasteiger partial charge in [-0.25, -0.2) is 4.79 Å². The Labute approximate surface area is 105 Å². The second-order valence-electron chi connectivity index (χ2n) is 3.74. The summed E-state index contributed by atoms with van der Waals surface area (Å²) in [4.78, 5) is 22.2. The Kier molecular flexibility index (Phi) is 5.78. The highest BCUT2D eigenvalue weighted by atomic mass is 16.2. The summed E-state index contributed by atoms with van der Waals surface area (Å²) >= 11 is 0. The number of imide groups is 1. The van der Waals surface area contributed by atoms with Gasteiger partial charge in [0.05, 0.1) is 12.2 Å². The number of carbonyl (C=O) groups excluding carboxylic acids is 2. The number of rotatable bonds is 6. The quantitative estimate of drug-likeness (QED) is 0.603. The summed E-state index contributed by atoms with van der Waals surface area (Å²) in [6.07, 6.45) is 3.59. The fourth-order valence-corrected chi connectivity index (χ4v) is 1.31. The van der Waals surface area contributed by atoms with Crippen molar-refractivity contribution in [1.82, 2.24) is 25.6 Å². The van der Waals surface area contributed by atoms with Crippen LogP contribution in [-0.2, 0) is 17.8 Å². The number of carbonyl (C=O) groups is 2. The van der Waals surface area contributed by atoms with E-state index in [-0.39, 0.29) is 12.3 Å². The summed E-state index contributed by atoms with van der Waals surface area (Å²) in [6.45, 7) is 1.000. The third-order valence-corrected chi connectivity index (χ3v) is 2.27. The third kappa shape index (κ3) is 4.91. The maximum Gasteiger partial charge on any atom is 0.321 e. The zero-order chi connectivity index (χ0) is 13.4. The van der Waals surface area contributed by atoms with Crippen molar-refractivity contribution in [3.05, 3.63) is 11.9 Å². The van der Waals surface area contributed by atoms with Crippen molar-refractivity contribution in [3.63, 3.8) is 0 Å². The predicted octanol–water partition coefficient (Wildman–Crippen LogP) is -0.985. The summed E-state index contributed by atoms with van der Waals surface area (Å²) in [5, 5.41) is 12.3. The van der Waals surface area contributed by atoms with Crippen LogP contribution in [0.15, 0.2) is 6.20 Å². The number of hydrogen-bond acceptors (Lipinski definition) is 5. The van der Waals surface area contributed by atoms with Crippen LogP contribution in [0.5, 0.6) is 0 Å². The van der Waals surface area contributed by atoms with E-state index in [0.29, 0.717) is 13.1 Å². The van der Waals surface area contributed by atoms with Crippen LogP contribution in [0.2, 0.25) is 0 Å². The molecule has 18 heavy (non-hydrogen) atoms. The molecule has 1 aromatic rings. The molecular weight excluding hydrogens is 236 g/mol.